The lowest BCUT2D eigenvalue weighted by Crippen LogP contribution is -2.62. The van der Waals surface area contributed by atoms with E-state index >= 15 is 0 Å². The monoisotopic (exact) mass is 605 g/mol. The van der Waals surface area contributed by atoms with Crippen LogP contribution < -0.4 is 0 Å². The van der Waals surface area contributed by atoms with Crippen LogP contribution in [0.2, 0.25) is 18.1 Å². The van der Waals surface area contributed by atoms with Crippen LogP contribution in [0.15, 0.2) is 121 Å². The molecule has 0 aliphatic carbocycles. The fraction of sp³-hybridized carbons (Fsp3) is 0.400. The summed E-state index contributed by atoms with van der Waals surface area (Å²) in [5.74, 6) is 0.186. The van der Waals surface area contributed by atoms with Gasteiger partial charge in [0.15, 0.2) is 8.32 Å². The molecule has 0 radical (unpaired) electrons. The largest absolute Gasteiger partial charge is 0.412 e. The van der Waals surface area contributed by atoms with Gasteiger partial charge in [-0.2, -0.15) is 0 Å². The van der Waals surface area contributed by atoms with Crippen molar-refractivity contribution in [1.82, 2.24) is 4.90 Å². The van der Waals surface area contributed by atoms with Gasteiger partial charge < -0.3 is 9.16 Å². The molecule has 0 N–H and O–H groups in total. The van der Waals surface area contributed by atoms with E-state index in [1.54, 1.807) is 0 Å². The van der Waals surface area contributed by atoms with Gasteiger partial charge in [0.2, 0.25) is 0 Å². The van der Waals surface area contributed by atoms with Crippen LogP contribution in [0.3, 0.4) is 0 Å². The molecule has 0 saturated carbocycles. The first kappa shape index (κ1) is 32.4. The van der Waals surface area contributed by atoms with Gasteiger partial charge >= 0.3 is 0 Å². The molecule has 5 rings (SSSR count). The number of benzene rings is 4. The summed E-state index contributed by atoms with van der Waals surface area (Å²) >= 11 is 0. The van der Waals surface area contributed by atoms with Crippen LogP contribution in [0.4, 0.5) is 0 Å². The van der Waals surface area contributed by atoms with E-state index in [1.165, 1.54) is 11.1 Å². The lowest BCUT2D eigenvalue weighted by Gasteiger charge is -2.57. The van der Waals surface area contributed by atoms with E-state index in [-0.39, 0.29) is 17.1 Å². The normalized spacial score (nSPS) is 19.8. The quantitative estimate of drug-likeness (QED) is 0.168. The molecular formula is C40H51NO2Si. The molecule has 1 aliphatic heterocycles. The van der Waals surface area contributed by atoms with E-state index in [2.05, 4.69) is 167 Å². The van der Waals surface area contributed by atoms with Crippen molar-refractivity contribution < 1.29 is 9.16 Å². The fourth-order valence-electron chi connectivity index (χ4n) is 7.32. The number of piperidine rings is 1. The predicted octanol–water partition coefficient (Wildman–Crippen LogP) is 9.45. The lowest BCUT2D eigenvalue weighted by molar-refractivity contribution is -0.107. The first-order chi connectivity index (χ1) is 21.0. The third-order valence-electron chi connectivity index (χ3n) is 10.7. The van der Waals surface area contributed by atoms with Gasteiger partial charge in [-0.05, 0) is 59.3 Å². The van der Waals surface area contributed by atoms with E-state index in [4.69, 9.17) is 9.16 Å². The second-order valence-corrected chi connectivity index (χ2v) is 19.0. The van der Waals surface area contributed by atoms with Crippen LogP contribution in [0.1, 0.15) is 56.4 Å². The molecule has 3 unspecified atom stereocenters. The Hall–Kier alpha value is -3.02. The highest BCUT2D eigenvalue weighted by Crippen LogP contribution is 2.57. The summed E-state index contributed by atoms with van der Waals surface area (Å²) in [5.41, 5.74) is 3.74. The van der Waals surface area contributed by atoms with Gasteiger partial charge in [0.1, 0.15) is 5.60 Å². The van der Waals surface area contributed by atoms with E-state index in [0.29, 0.717) is 0 Å². The number of rotatable bonds is 10. The standard InChI is InChI=1S/C40H51NO2Si/c1-38(2,3)44(6,7)43-37-31-41(30-32-20-12-8-13-21-32)29-28-36(37)39(4,33-22-14-9-15-23-33)40(42-5,34-24-16-10-17-25-34)35-26-18-11-19-27-35/h8-27,36-37H,28-31H2,1-7H3. The second kappa shape index (κ2) is 13.1. The maximum atomic E-state index is 7.54. The third kappa shape index (κ3) is 6.10. The van der Waals surface area contributed by atoms with E-state index in [1.807, 2.05) is 7.11 Å². The molecule has 4 aromatic carbocycles. The summed E-state index contributed by atoms with van der Waals surface area (Å²) in [7, 11) is -0.233. The van der Waals surface area contributed by atoms with Gasteiger partial charge in [-0.15, -0.1) is 0 Å². The number of hydrogen-bond donors (Lipinski definition) is 0. The summed E-state index contributed by atoms with van der Waals surface area (Å²) in [6.07, 6.45) is 1.03. The Morgan fingerprint density at radius 1 is 0.682 bits per heavy atom. The number of ether oxygens (including phenoxy) is 1. The highest BCUT2D eigenvalue weighted by molar-refractivity contribution is 6.74. The zero-order valence-corrected chi connectivity index (χ0v) is 28.8. The molecule has 0 bridgehead atoms. The minimum Gasteiger partial charge on any atom is -0.412 e. The molecule has 4 heteroatoms. The van der Waals surface area contributed by atoms with E-state index in [9.17, 15) is 0 Å². The van der Waals surface area contributed by atoms with E-state index in [0.717, 1.165) is 37.2 Å². The van der Waals surface area contributed by atoms with Crippen LogP contribution in [-0.2, 0) is 26.7 Å². The lowest BCUT2D eigenvalue weighted by atomic mass is 9.54. The molecule has 3 nitrogen and oxygen atoms in total. The molecule has 0 amide bonds. The van der Waals surface area contributed by atoms with Gasteiger partial charge in [0.25, 0.3) is 0 Å². The summed E-state index contributed by atoms with van der Waals surface area (Å²) in [4.78, 5) is 2.61. The molecule has 1 saturated heterocycles. The summed E-state index contributed by atoms with van der Waals surface area (Å²) in [6.45, 7) is 17.1. The third-order valence-corrected chi connectivity index (χ3v) is 15.2. The van der Waals surface area contributed by atoms with Crippen LogP contribution in [0.5, 0.6) is 0 Å². The first-order valence-electron chi connectivity index (χ1n) is 16.2. The highest BCUT2D eigenvalue weighted by Gasteiger charge is 2.59. The van der Waals surface area contributed by atoms with E-state index < -0.39 is 19.3 Å². The summed E-state index contributed by atoms with van der Waals surface area (Å²) in [5, 5.41) is 0.0968. The highest BCUT2D eigenvalue weighted by atomic mass is 28.4. The van der Waals surface area contributed by atoms with Crippen LogP contribution >= 0.6 is 0 Å². The average Bonchev–Trinajstić information content (AvgIpc) is 3.03. The first-order valence-corrected chi connectivity index (χ1v) is 19.1. The average molecular weight is 606 g/mol. The number of hydrogen-bond acceptors (Lipinski definition) is 3. The van der Waals surface area contributed by atoms with Crippen molar-refractivity contribution in [3.05, 3.63) is 144 Å². The van der Waals surface area contributed by atoms with Crippen molar-refractivity contribution in [2.24, 2.45) is 5.92 Å². The molecule has 1 aliphatic rings. The number of likely N-dealkylation sites (tertiary alicyclic amines) is 1. The Bertz CT molecular complexity index is 1410. The van der Waals surface area contributed by atoms with Gasteiger partial charge in [-0.3, -0.25) is 4.90 Å². The van der Waals surface area contributed by atoms with Gasteiger partial charge in [0, 0.05) is 25.6 Å². The maximum Gasteiger partial charge on any atom is 0.192 e. The zero-order valence-electron chi connectivity index (χ0n) is 27.8. The van der Waals surface area contributed by atoms with Crippen LogP contribution in [0, 0.1) is 5.92 Å². The molecule has 4 aromatic rings. The van der Waals surface area contributed by atoms with Crippen molar-refractivity contribution in [3.63, 3.8) is 0 Å². The maximum absolute atomic E-state index is 7.54. The molecule has 0 spiro atoms. The molecule has 3 atom stereocenters. The summed E-state index contributed by atoms with van der Waals surface area (Å²) < 4.78 is 14.5. The topological polar surface area (TPSA) is 21.7 Å². The Morgan fingerprint density at radius 3 is 1.59 bits per heavy atom. The molecular weight excluding hydrogens is 555 g/mol. The molecule has 232 valence electrons. The summed E-state index contributed by atoms with van der Waals surface area (Å²) in [6, 6.07) is 43.7. The van der Waals surface area contributed by atoms with Crippen molar-refractivity contribution in [3.8, 4) is 0 Å². The van der Waals surface area contributed by atoms with Crippen LogP contribution in [-0.4, -0.2) is 39.5 Å². The van der Waals surface area contributed by atoms with Crippen molar-refractivity contribution in [2.45, 2.75) is 75.9 Å². The van der Waals surface area contributed by atoms with Crippen molar-refractivity contribution in [2.75, 3.05) is 20.2 Å². The molecule has 0 aromatic heterocycles. The fourth-order valence-corrected chi connectivity index (χ4v) is 8.67. The number of methoxy groups -OCH3 is 1. The minimum atomic E-state index is -2.13. The Balaban J connectivity index is 1.71. The van der Waals surface area contributed by atoms with Gasteiger partial charge in [-0.1, -0.05) is 149 Å². The minimum absolute atomic E-state index is 0.0282. The van der Waals surface area contributed by atoms with Gasteiger partial charge in [-0.25, -0.2) is 0 Å². The Morgan fingerprint density at radius 2 is 1.14 bits per heavy atom. The van der Waals surface area contributed by atoms with Gasteiger partial charge in [0.05, 0.1) is 6.10 Å². The SMILES string of the molecule is COC(c1ccccc1)(c1ccccc1)C(C)(c1ccccc1)C1CCN(Cc2ccccc2)CC1O[Si](C)(C)C(C)(C)C. The van der Waals surface area contributed by atoms with Crippen molar-refractivity contribution >= 4 is 8.32 Å². The Kier molecular flexibility index (Phi) is 9.67. The predicted molar refractivity (Wildman–Crippen MR) is 186 cm³/mol. The zero-order chi connectivity index (χ0) is 31.4. The smallest absolute Gasteiger partial charge is 0.192 e. The van der Waals surface area contributed by atoms with Crippen molar-refractivity contribution in [1.29, 1.82) is 0 Å². The Labute approximate surface area is 267 Å². The molecule has 1 fully saturated rings. The number of nitrogens with zero attached hydrogens (tertiary/aromatic N) is 1. The molecule has 44 heavy (non-hydrogen) atoms. The second-order valence-electron chi connectivity index (χ2n) is 14.2. The molecule has 1 heterocycles. The van der Waals surface area contributed by atoms with Crippen LogP contribution in [0.25, 0.3) is 0 Å².